The van der Waals surface area contributed by atoms with Gasteiger partial charge in [0.15, 0.2) is 0 Å². The van der Waals surface area contributed by atoms with Gasteiger partial charge >= 0.3 is 5.97 Å². The molecule has 2 aromatic heterocycles. The van der Waals surface area contributed by atoms with Crippen molar-refractivity contribution in [2.24, 2.45) is 0 Å². The Morgan fingerprint density at radius 1 is 1.16 bits per heavy atom. The predicted molar refractivity (Wildman–Crippen MR) is 80.4 cm³/mol. The Morgan fingerprint density at radius 3 is 2.42 bits per heavy atom. The highest BCUT2D eigenvalue weighted by atomic mass is 32.1. The first-order chi connectivity index (χ1) is 8.97. The number of hydrogen-bond donors (Lipinski definition) is 2. The molecule has 0 saturated heterocycles. The average Bonchev–Trinajstić information content (AvgIpc) is 2.84. The van der Waals surface area contributed by atoms with Crippen LogP contribution in [0.4, 0.5) is 0 Å². The molecule has 3 nitrogen and oxygen atoms in total. The average molecular weight is 295 g/mol. The second-order valence-electron chi connectivity index (χ2n) is 4.55. The van der Waals surface area contributed by atoms with E-state index in [-0.39, 0.29) is 0 Å². The Bertz CT molecular complexity index is 579. The third-order valence-electron chi connectivity index (χ3n) is 3.06. The molecule has 0 amide bonds. The third-order valence-corrected chi connectivity index (χ3v) is 5.30. The largest absolute Gasteiger partial charge is 0.477 e. The maximum atomic E-state index is 10.9. The lowest BCUT2D eigenvalue weighted by Gasteiger charge is -2.02. The van der Waals surface area contributed by atoms with E-state index in [4.69, 9.17) is 5.11 Å². The molecule has 0 saturated carbocycles. The van der Waals surface area contributed by atoms with Gasteiger partial charge in [-0.25, -0.2) is 4.79 Å². The van der Waals surface area contributed by atoms with Crippen LogP contribution in [0.25, 0.3) is 0 Å². The standard InChI is InChI=1S/C14H17NO2S2/c1-8-4-12(18-9(8)2)7-15-6-11-5-13(14(16)17)19-10(11)3/h4-5,15H,6-7H2,1-3H3,(H,16,17). The van der Waals surface area contributed by atoms with Crippen molar-refractivity contribution in [1.29, 1.82) is 0 Å². The zero-order valence-electron chi connectivity index (χ0n) is 11.2. The van der Waals surface area contributed by atoms with Gasteiger partial charge in [-0.1, -0.05) is 0 Å². The zero-order chi connectivity index (χ0) is 14.0. The third kappa shape index (κ3) is 3.43. The molecule has 0 aromatic carbocycles. The van der Waals surface area contributed by atoms with Crippen LogP contribution < -0.4 is 5.32 Å². The summed E-state index contributed by atoms with van der Waals surface area (Å²) in [5.74, 6) is -0.844. The van der Waals surface area contributed by atoms with Crippen LogP contribution in [0.2, 0.25) is 0 Å². The fourth-order valence-electron chi connectivity index (χ4n) is 1.86. The number of nitrogens with one attached hydrogen (secondary N) is 1. The molecule has 0 bridgehead atoms. The molecule has 0 aliphatic carbocycles. The molecule has 0 unspecified atom stereocenters. The molecule has 0 atom stereocenters. The highest BCUT2D eigenvalue weighted by molar-refractivity contribution is 7.14. The van der Waals surface area contributed by atoms with E-state index in [0.717, 1.165) is 17.0 Å². The van der Waals surface area contributed by atoms with E-state index >= 15 is 0 Å². The summed E-state index contributed by atoms with van der Waals surface area (Å²) in [5, 5.41) is 12.3. The molecule has 102 valence electrons. The molecule has 0 aliphatic rings. The Labute approximate surface area is 120 Å². The number of aromatic carboxylic acids is 1. The molecule has 0 radical (unpaired) electrons. The first kappa shape index (κ1) is 14.2. The van der Waals surface area contributed by atoms with Crippen molar-refractivity contribution in [2.45, 2.75) is 33.9 Å². The first-order valence-corrected chi connectivity index (χ1v) is 7.70. The van der Waals surface area contributed by atoms with Gasteiger partial charge < -0.3 is 10.4 Å². The molecule has 0 spiro atoms. The summed E-state index contributed by atoms with van der Waals surface area (Å²) in [6.45, 7) is 7.76. The van der Waals surface area contributed by atoms with Crippen LogP contribution >= 0.6 is 22.7 Å². The number of carboxylic acid groups (broad SMARTS) is 1. The second kappa shape index (κ2) is 5.86. The van der Waals surface area contributed by atoms with Crippen LogP contribution in [0.5, 0.6) is 0 Å². The molecule has 2 heterocycles. The first-order valence-electron chi connectivity index (χ1n) is 6.06. The van der Waals surface area contributed by atoms with E-state index in [1.165, 1.54) is 26.7 Å². The molecule has 5 heteroatoms. The van der Waals surface area contributed by atoms with Gasteiger partial charge in [0.25, 0.3) is 0 Å². The second-order valence-corrected chi connectivity index (χ2v) is 7.15. The van der Waals surface area contributed by atoms with E-state index in [0.29, 0.717) is 11.4 Å². The van der Waals surface area contributed by atoms with Crippen molar-refractivity contribution in [3.8, 4) is 0 Å². The number of rotatable bonds is 5. The fourth-order valence-corrected chi connectivity index (χ4v) is 3.76. The van der Waals surface area contributed by atoms with Crippen molar-refractivity contribution in [3.63, 3.8) is 0 Å². The quantitative estimate of drug-likeness (QED) is 0.884. The lowest BCUT2D eigenvalue weighted by molar-refractivity contribution is 0.0702. The van der Waals surface area contributed by atoms with Crippen LogP contribution in [-0.4, -0.2) is 11.1 Å². The van der Waals surface area contributed by atoms with Gasteiger partial charge in [0.05, 0.1) is 0 Å². The molecule has 0 fully saturated rings. The summed E-state index contributed by atoms with van der Waals surface area (Å²) in [6, 6.07) is 3.97. The van der Waals surface area contributed by atoms with E-state index in [1.54, 1.807) is 6.07 Å². The van der Waals surface area contributed by atoms with Gasteiger partial charge in [-0.3, -0.25) is 0 Å². The molecular formula is C14H17NO2S2. The maximum Gasteiger partial charge on any atom is 0.345 e. The zero-order valence-corrected chi connectivity index (χ0v) is 12.9. The number of hydrogen-bond acceptors (Lipinski definition) is 4. The monoisotopic (exact) mass is 295 g/mol. The number of thiophene rings is 2. The minimum absolute atomic E-state index is 0.414. The lowest BCUT2D eigenvalue weighted by Crippen LogP contribution is -2.11. The van der Waals surface area contributed by atoms with E-state index in [2.05, 4.69) is 25.2 Å². The number of aryl methyl sites for hydroxylation is 3. The van der Waals surface area contributed by atoms with Gasteiger partial charge in [0, 0.05) is 27.7 Å². The Kier molecular flexibility index (Phi) is 4.39. The van der Waals surface area contributed by atoms with Gasteiger partial charge in [-0.15, -0.1) is 22.7 Å². The SMILES string of the molecule is Cc1cc(CNCc2cc(C(=O)O)sc2C)sc1C. The van der Waals surface area contributed by atoms with Gasteiger partial charge in [-0.05, 0) is 44.0 Å². The Balaban J connectivity index is 1.94. The van der Waals surface area contributed by atoms with Crippen LogP contribution in [0.15, 0.2) is 12.1 Å². The minimum atomic E-state index is -0.844. The lowest BCUT2D eigenvalue weighted by atomic mass is 10.2. The summed E-state index contributed by atoms with van der Waals surface area (Å²) in [7, 11) is 0. The van der Waals surface area contributed by atoms with Crippen molar-refractivity contribution in [3.05, 3.63) is 42.8 Å². The van der Waals surface area contributed by atoms with Crippen LogP contribution in [-0.2, 0) is 13.1 Å². The Hall–Kier alpha value is -1.17. The highest BCUT2D eigenvalue weighted by Gasteiger charge is 2.10. The molecule has 2 rings (SSSR count). The fraction of sp³-hybridized carbons (Fsp3) is 0.357. The van der Waals surface area contributed by atoms with Gasteiger partial charge in [0.1, 0.15) is 4.88 Å². The van der Waals surface area contributed by atoms with Crippen LogP contribution in [0, 0.1) is 20.8 Å². The van der Waals surface area contributed by atoms with Crippen molar-refractivity contribution in [1.82, 2.24) is 5.32 Å². The predicted octanol–water partition coefficient (Wildman–Crippen LogP) is 3.72. The van der Waals surface area contributed by atoms with E-state index < -0.39 is 5.97 Å². The molecular weight excluding hydrogens is 278 g/mol. The van der Waals surface area contributed by atoms with Crippen molar-refractivity contribution < 1.29 is 9.90 Å². The van der Waals surface area contributed by atoms with Gasteiger partial charge in [0.2, 0.25) is 0 Å². The van der Waals surface area contributed by atoms with Crippen molar-refractivity contribution in [2.75, 3.05) is 0 Å². The van der Waals surface area contributed by atoms with Crippen molar-refractivity contribution >= 4 is 28.6 Å². The summed E-state index contributed by atoms with van der Waals surface area (Å²) < 4.78 is 0. The summed E-state index contributed by atoms with van der Waals surface area (Å²) in [6.07, 6.45) is 0. The molecule has 2 N–H and O–H groups in total. The smallest absolute Gasteiger partial charge is 0.345 e. The van der Waals surface area contributed by atoms with Crippen LogP contribution in [0.1, 0.15) is 35.4 Å². The molecule has 19 heavy (non-hydrogen) atoms. The van der Waals surface area contributed by atoms with E-state index in [9.17, 15) is 4.79 Å². The molecule has 2 aromatic rings. The van der Waals surface area contributed by atoms with E-state index in [1.807, 2.05) is 18.3 Å². The number of carbonyl (C=O) groups is 1. The topological polar surface area (TPSA) is 49.3 Å². The van der Waals surface area contributed by atoms with Crippen LogP contribution in [0.3, 0.4) is 0 Å². The summed E-state index contributed by atoms with van der Waals surface area (Å²) in [5.41, 5.74) is 2.41. The minimum Gasteiger partial charge on any atom is -0.477 e. The molecule has 0 aliphatic heterocycles. The maximum absolute atomic E-state index is 10.9. The summed E-state index contributed by atoms with van der Waals surface area (Å²) in [4.78, 5) is 15.1. The van der Waals surface area contributed by atoms with Gasteiger partial charge in [-0.2, -0.15) is 0 Å². The summed E-state index contributed by atoms with van der Waals surface area (Å²) >= 11 is 3.15. The highest BCUT2D eigenvalue weighted by Crippen LogP contribution is 2.23. The Morgan fingerprint density at radius 2 is 1.89 bits per heavy atom. The number of carboxylic acids is 1. The normalized spacial score (nSPS) is 10.9.